The minimum absolute atomic E-state index is 0.0310. The molecule has 0 aliphatic heterocycles. The second-order valence-electron chi connectivity index (χ2n) is 10.0. The van der Waals surface area contributed by atoms with Crippen molar-refractivity contribution in [2.75, 3.05) is 7.11 Å². The summed E-state index contributed by atoms with van der Waals surface area (Å²) < 4.78 is 11.0. The van der Waals surface area contributed by atoms with Crippen molar-refractivity contribution in [2.45, 2.75) is 85.2 Å². The van der Waals surface area contributed by atoms with Crippen molar-refractivity contribution in [3.8, 4) is 0 Å². The number of esters is 1. The summed E-state index contributed by atoms with van der Waals surface area (Å²) in [5.74, 6) is 1.81. The SMILES string of the molecule is C=C1CC[C@H]2[C@](C)(CCC[C@]2(C)C(=O)OC)[C@H]1CCc1ccoc1CNC(C)C. The van der Waals surface area contributed by atoms with E-state index in [2.05, 4.69) is 45.7 Å². The first-order valence-electron chi connectivity index (χ1n) is 11.3. The van der Waals surface area contributed by atoms with Gasteiger partial charge in [-0.3, -0.25) is 4.79 Å². The smallest absolute Gasteiger partial charge is 0.311 e. The lowest BCUT2D eigenvalue weighted by Crippen LogP contribution is -2.53. The lowest BCUT2D eigenvalue weighted by molar-refractivity contribution is -0.168. The van der Waals surface area contributed by atoms with Gasteiger partial charge in [-0.2, -0.15) is 0 Å². The monoisotopic (exact) mass is 401 g/mol. The van der Waals surface area contributed by atoms with Crippen LogP contribution in [0.5, 0.6) is 0 Å². The molecule has 0 bridgehead atoms. The van der Waals surface area contributed by atoms with E-state index in [1.807, 2.05) is 6.26 Å². The highest BCUT2D eigenvalue weighted by Gasteiger charge is 2.57. The lowest BCUT2D eigenvalue weighted by Gasteiger charge is -2.57. The number of ether oxygens (including phenoxy) is 1. The predicted octanol–water partition coefficient (Wildman–Crippen LogP) is 5.66. The Bertz CT molecular complexity index is 736. The summed E-state index contributed by atoms with van der Waals surface area (Å²) >= 11 is 0. The maximum atomic E-state index is 12.7. The lowest BCUT2D eigenvalue weighted by atomic mass is 9.46. The molecule has 4 atom stereocenters. The Labute approximate surface area is 176 Å². The highest BCUT2D eigenvalue weighted by molar-refractivity contribution is 5.77. The van der Waals surface area contributed by atoms with E-state index in [1.165, 1.54) is 24.7 Å². The number of carbonyl (C=O) groups is 1. The third-order valence-corrected chi connectivity index (χ3v) is 7.88. The average molecular weight is 402 g/mol. The quantitative estimate of drug-likeness (QED) is 0.473. The van der Waals surface area contributed by atoms with Crippen molar-refractivity contribution in [3.05, 3.63) is 35.8 Å². The van der Waals surface area contributed by atoms with Crippen LogP contribution in [0.1, 0.15) is 77.5 Å². The Hall–Kier alpha value is -1.55. The Morgan fingerprint density at radius 3 is 2.83 bits per heavy atom. The molecule has 2 saturated carbocycles. The molecule has 0 radical (unpaired) electrons. The molecule has 2 fully saturated rings. The molecule has 1 N–H and O–H groups in total. The molecule has 1 heterocycles. The summed E-state index contributed by atoms with van der Waals surface area (Å²) in [7, 11) is 1.53. The summed E-state index contributed by atoms with van der Waals surface area (Å²) in [6.07, 6.45) is 9.12. The predicted molar refractivity (Wildman–Crippen MR) is 116 cm³/mol. The van der Waals surface area contributed by atoms with Crippen molar-refractivity contribution < 1.29 is 13.9 Å². The summed E-state index contributed by atoms with van der Waals surface area (Å²) in [5.41, 5.74) is 2.39. The molecule has 0 unspecified atom stereocenters. The molecule has 0 aromatic carbocycles. The van der Waals surface area contributed by atoms with Gasteiger partial charge in [0.25, 0.3) is 0 Å². The van der Waals surface area contributed by atoms with Crippen LogP contribution < -0.4 is 5.32 Å². The number of rotatable bonds is 7. The Morgan fingerprint density at radius 1 is 1.38 bits per heavy atom. The molecule has 29 heavy (non-hydrogen) atoms. The van der Waals surface area contributed by atoms with E-state index in [1.54, 1.807) is 0 Å². The fourth-order valence-electron chi connectivity index (χ4n) is 6.30. The number of furan rings is 1. The topological polar surface area (TPSA) is 51.5 Å². The number of fused-ring (bicyclic) bond motifs is 1. The van der Waals surface area contributed by atoms with Crippen LogP contribution >= 0.6 is 0 Å². The van der Waals surface area contributed by atoms with E-state index in [-0.39, 0.29) is 16.8 Å². The fourth-order valence-corrected chi connectivity index (χ4v) is 6.30. The third kappa shape index (κ3) is 4.19. The van der Waals surface area contributed by atoms with Crippen LogP contribution in [-0.4, -0.2) is 19.1 Å². The molecule has 2 aliphatic carbocycles. The van der Waals surface area contributed by atoms with Crippen LogP contribution in [0.4, 0.5) is 0 Å². The van der Waals surface area contributed by atoms with Crippen LogP contribution in [0.2, 0.25) is 0 Å². The van der Waals surface area contributed by atoms with Gasteiger partial charge in [-0.15, -0.1) is 0 Å². The molecule has 3 rings (SSSR count). The molecule has 1 aromatic rings. The van der Waals surface area contributed by atoms with Gasteiger partial charge >= 0.3 is 5.97 Å². The molecule has 162 valence electrons. The highest BCUT2D eigenvalue weighted by Crippen LogP contribution is 2.62. The average Bonchev–Trinajstić information content (AvgIpc) is 3.12. The molecule has 0 spiro atoms. The van der Waals surface area contributed by atoms with E-state index in [9.17, 15) is 4.79 Å². The van der Waals surface area contributed by atoms with Gasteiger partial charge < -0.3 is 14.5 Å². The first kappa shape index (κ1) is 22.1. The van der Waals surface area contributed by atoms with E-state index >= 15 is 0 Å². The van der Waals surface area contributed by atoms with Gasteiger partial charge in [0.05, 0.1) is 25.3 Å². The van der Waals surface area contributed by atoms with Crippen LogP contribution in [-0.2, 0) is 22.5 Å². The van der Waals surface area contributed by atoms with E-state index in [0.717, 1.165) is 50.8 Å². The second-order valence-corrected chi connectivity index (χ2v) is 10.0. The minimum atomic E-state index is -0.372. The Morgan fingerprint density at radius 2 is 2.14 bits per heavy atom. The molecule has 1 aromatic heterocycles. The number of carbonyl (C=O) groups excluding carboxylic acids is 1. The summed E-state index contributed by atoms with van der Waals surface area (Å²) in [4.78, 5) is 12.7. The van der Waals surface area contributed by atoms with E-state index in [4.69, 9.17) is 9.15 Å². The number of methoxy groups -OCH3 is 1. The Balaban J connectivity index is 1.78. The van der Waals surface area contributed by atoms with Gasteiger partial charge in [0, 0.05) is 6.04 Å². The van der Waals surface area contributed by atoms with Gasteiger partial charge in [-0.05, 0) is 74.3 Å². The molecule has 0 amide bonds. The maximum absolute atomic E-state index is 12.7. The van der Waals surface area contributed by atoms with E-state index in [0.29, 0.717) is 17.9 Å². The van der Waals surface area contributed by atoms with Crippen molar-refractivity contribution in [1.29, 1.82) is 0 Å². The molecule has 4 heteroatoms. The summed E-state index contributed by atoms with van der Waals surface area (Å²) in [6.45, 7) is 14.1. The number of hydrogen-bond donors (Lipinski definition) is 1. The van der Waals surface area contributed by atoms with E-state index < -0.39 is 0 Å². The number of allylic oxidation sites excluding steroid dienone is 1. The van der Waals surface area contributed by atoms with Crippen molar-refractivity contribution in [1.82, 2.24) is 5.32 Å². The van der Waals surface area contributed by atoms with Crippen molar-refractivity contribution in [3.63, 3.8) is 0 Å². The largest absolute Gasteiger partial charge is 0.469 e. The summed E-state index contributed by atoms with van der Waals surface area (Å²) in [5, 5.41) is 3.45. The minimum Gasteiger partial charge on any atom is -0.469 e. The van der Waals surface area contributed by atoms with Gasteiger partial charge in [0.2, 0.25) is 0 Å². The van der Waals surface area contributed by atoms with Crippen molar-refractivity contribution >= 4 is 5.97 Å². The zero-order chi connectivity index (χ0) is 21.2. The number of hydrogen-bond acceptors (Lipinski definition) is 4. The molecular formula is C25H39NO3. The molecule has 0 saturated heterocycles. The summed E-state index contributed by atoms with van der Waals surface area (Å²) in [6, 6.07) is 2.55. The first-order chi connectivity index (χ1) is 13.7. The molecular weight excluding hydrogens is 362 g/mol. The van der Waals surface area contributed by atoms with Crippen LogP contribution in [0.3, 0.4) is 0 Å². The van der Waals surface area contributed by atoms with Gasteiger partial charge in [-0.1, -0.05) is 39.3 Å². The number of nitrogens with one attached hydrogen (secondary N) is 1. The maximum Gasteiger partial charge on any atom is 0.311 e. The Kier molecular flexibility index (Phi) is 6.62. The standard InChI is InChI=1S/C25H39NO3/c1-17(2)26-16-21-19(12-15-29-21)9-10-20-18(3)8-11-22-24(20,4)13-7-14-25(22,5)23(27)28-6/h12,15,17,20,22,26H,3,7-11,13-14,16H2,1-2,4-6H3/t20-,22-,24+,25-/m0/s1. The first-order valence-corrected chi connectivity index (χ1v) is 11.3. The van der Waals surface area contributed by atoms with Gasteiger partial charge in [-0.25, -0.2) is 0 Å². The zero-order valence-corrected chi connectivity index (χ0v) is 19.0. The third-order valence-electron chi connectivity index (χ3n) is 7.88. The number of aryl methyl sites for hydroxylation is 1. The van der Waals surface area contributed by atoms with Crippen LogP contribution in [0.25, 0.3) is 0 Å². The van der Waals surface area contributed by atoms with Crippen molar-refractivity contribution in [2.24, 2.45) is 22.7 Å². The highest BCUT2D eigenvalue weighted by atomic mass is 16.5. The van der Waals surface area contributed by atoms with Gasteiger partial charge in [0.15, 0.2) is 0 Å². The zero-order valence-electron chi connectivity index (χ0n) is 19.0. The van der Waals surface area contributed by atoms with Crippen LogP contribution in [0, 0.1) is 22.7 Å². The molecule has 4 nitrogen and oxygen atoms in total. The van der Waals surface area contributed by atoms with Gasteiger partial charge in [0.1, 0.15) is 5.76 Å². The molecule has 2 aliphatic rings. The fraction of sp³-hybridized carbons (Fsp3) is 0.720. The second kappa shape index (κ2) is 8.67. The normalized spacial score (nSPS) is 32.3. The van der Waals surface area contributed by atoms with Crippen LogP contribution in [0.15, 0.2) is 28.9 Å².